The summed E-state index contributed by atoms with van der Waals surface area (Å²) < 4.78 is 20.5. The van der Waals surface area contributed by atoms with Crippen LogP contribution < -0.4 is 0 Å². The number of halogens is 1. The standard InChI is InChI=1S/C38H47FN2O4/c1-3-8-25(20-27-12-14-33(42)32(39)21-27)13-15-34-35-28(9-4-2)22-30-36(31(35)24-45-34)38(44)41(37(30)43)29-16-18-40(19-17-29)23-26-10-6-5-7-11-26/h5-7,10-12,14,20-21,29-31,34,36,42H,3-4,8-9,13,15-19,22-24H2,1-2H3/b25-20+/t30-,31+,34-,36-/m1/s1. The van der Waals surface area contributed by atoms with E-state index in [0.717, 1.165) is 76.6 Å². The molecule has 6 nitrogen and oxygen atoms in total. The van der Waals surface area contributed by atoms with E-state index in [1.165, 1.54) is 34.4 Å². The molecular formula is C38H47FN2O4. The quantitative estimate of drug-likeness (QED) is 0.213. The number of ether oxygens (including phenoxy) is 1. The molecule has 3 heterocycles. The van der Waals surface area contributed by atoms with E-state index in [-0.39, 0.29) is 47.5 Å². The second-order valence-electron chi connectivity index (χ2n) is 13.4. The molecule has 0 spiro atoms. The van der Waals surface area contributed by atoms with Crippen LogP contribution in [0.1, 0.15) is 82.8 Å². The predicted molar refractivity (Wildman–Crippen MR) is 174 cm³/mol. The molecule has 1 N–H and O–H groups in total. The average molecular weight is 615 g/mol. The minimum atomic E-state index is -0.616. The molecule has 45 heavy (non-hydrogen) atoms. The molecule has 7 heteroatoms. The van der Waals surface area contributed by atoms with E-state index in [0.29, 0.717) is 13.0 Å². The number of carbonyl (C=O) groups excluding carboxylic acids is 2. The van der Waals surface area contributed by atoms with E-state index in [1.54, 1.807) is 11.0 Å². The summed E-state index contributed by atoms with van der Waals surface area (Å²) >= 11 is 0. The number of allylic oxidation sites excluding steroid dienone is 2. The summed E-state index contributed by atoms with van der Waals surface area (Å²) in [5.41, 5.74) is 5.86. The first-order chi connectivity index (χ1) is 21.9. The van der Waals surface area contributed by atoms with Gasteiger partial charge in [0.15, 0.2) is 11.6 Å². The zero-order valence-electron chi connectivity index (χ0n) is 26.7. The van der Waals surface area contributed by atoms with E-state index in [2.05, 4.69) is 43.0 Å². The Hall–Kier alpha value is -3.29. The van der Waals surface area contributed by atoms with E-state index in [4.69, 9.17) is 4.74 Å². The van der Waals surface area contributed by atoms with Crippen molar-refractivity contribution in [2.45, 2.75) is 90.3 Å². The number of phenols is 1. The molecule has 4 atom stereocenters. The van der Waals surface area contributed by atoms with Crippen molar-refractivity contribution in [1.82, 2.24) is 9.80 Å². The molecule has 4 aliphatic rings. The van der Waals surface area contributed by atoms with Gasteiger partial charge in [0, 0.05) is 31.6 Å². The van der Waals surface area contributed by atoms with Crippen LogP contribution in [-0.4, -0.2) is 58.6 Å². The monoisotopic (exact) mass is 614 g/mol. The maximum absolute atomic E-state index is 14.1. The molecule has 3 aliphatic heterocycles. The van der Waals surface area contributed by atoms with Crippen molar-refractivity contribution in [3.05, 3.63) is 82.2 Å². The van der Waals surface area contributed by atoms with Crippen molar-refractivity contribution in [3.63, 3.8) is 0 Å². The van der Waals surface area contributed by atoms with Crippen LogP contribution in [0, 0.1) is 23.6 Å². The van der Waals surface area contributed by atoms with Crippen molar-refractivity contribution < 1.29 is 23.8 Å². The molecule has 0 radical (unpaired) electrons. The number of hydrogen-bond acceptors (Lipinski definition) is 5. The normalized spacial score (nSPS) is 26.1. The molecule has 3 saturated heterocycles. The van der Waals surface area contributed by atoms with Crippen LogP contribution in [0.2, 0.25) is 0 Å². The summed E-state index contributed by atoms with van der Waals surface area (Å²) in [6, 6.07) is 15.0. The lowest BCUT2D eigenvalue weighted by atomic mass is 9.68. The van der Waals surface area contributed by atoms with Crippen molar-refractivity contribution in [3.8, 4) is 5.75 Å². The number of likely N-dealkylation sites (tertiary alicyclic amines) is 2. The highest BCUT2D eigenvalue weighted by molar-refractivity contribution is 6.06. The lowest BCUT2D eigenvalue weighted by Crippen LogP contribution is -2.47. The summed E-state index contributed by atoms with van der Waals surface area (Å²) in [4.78, 5) is 32.1. The van der Waals surface area contributed by atoms with Gasteiger partial charge >= 0.3 is 0 Å². The second kappa shape index (κ2) is 14.0. The van der Waals surface area contributed by atoms with Crippen LogP contribution in [0.15, 0.2) is 65.3 Å². The molecular weight excluding hydrogens is 567 g/mol. The van der Waals surface area contributed by atoms with E-state index in [1.807, 2.05) is 12.1 Å². The maximum Gasteiger partial charge on any atom is 0.234 e. The fourth-order valence-electron chi connectivity index (χ4n) is 8.33. The zero-order valence-corrected chi connectivity index (χ0v) is 26.7. The number of aromatic hydroxyl groups is 1. The fourth-order valence-corrected chi connectivity index (χ4v) is 8.33. The number of imide groups is 1. The molecule has 240 valence electrons. The Bertz CT molecular complexity index is 1440. The lowest BCUT2D eigenvalue weighted by Gasteiger charge is -2.36. The number of fused-ring (bicyclic) bond motifs is 3. The topological polar surface area (TPSA) is 70.1 Å². The molecule has 2 aromatic carbocycles. The number of carbonyl (C=O) groups is 2. The Labute approximate surface area is 266 Å². The molecule has 0 unspecified atom stereocenters. The van der Waals surface area contributed by atoms with Crippen molar-refractivity contribution >= 4 is 17.9 Å². The summed E-state index contributed by atoms with van der Waals surface area (Å²) in [5.74, 6) is -1.50. The smallest absolute Gasteiger partial charge is 0.234 e. The van der Waals surface area contributed by atoms with Crippen LogP contribution in [0.4, 0.5) is 4.39 Å². The van der Waals surface area contributed by atoms with Crippen LogP contribution in [-0.2, 0) is 20.9 Å². The number of phenolic OH excluding ortho intramolecular Hbond substituents is 1. The molecule has 2 aromatic rings. The van der Waals surface area contributed by atoms with E-state index in [9.17, 15) is 19.1 Å². The number of hydrogen-bond donors (Lipinski definition) is 1. The number of nitrogens with zero attached hydrogens (tertiary/aromatic N) is 2. The molecule has 0 aromatic heterocycles. The van der Waals surface area contributed by atoms with Gasteiger partial charge in [0.1, 0.15) is 0 Å². The third kappa shape index (κ3) is 6.66. The minimum absolute atomic E-state index is 0.0229. The summed E-state index contributed by atoms with van der Waals surface area (Å²) in [6.07, 6.45) is 9.70. The Morgan fingerprint density at radius 2 is 1.78 bits per heavy atom. The van der Waals surface area contributed by atoms with Crippen molar-refractivity contribution in [2.24, 2.45) is 17.8 Å². The fraction of sp³-hybridized carbons (Fsp3) is 0.526. The Morgan fingerprint density at radius 3 is 2.49 bits per heavy atom. The molecule has 1 aliphatic carbocycles. The highest BCUT2D eigenvalue weighted by atomic mass is 19.1. The van der Waals surface area contributed by atoms with Gasteiger partial charge in [0.25, 0.3) is 0 Å². The first kappa shape index (κ1) is 31.7. The van der Waals surface area contributed by atoms with Crippen LogP contribution in [0.3, 0.4) is 0 Å². The van der Waals surface area contributed by atoms with Gasteiger partial charge in [-0.15, -0.1) is 0 Å². The van der Waals surface area contributed by atoms with Gasteiger partial charge in [0.05, 0.1) is 24.5 Å². The first-order valence-electron chi connectivity index (χ1n) is 17.0. The predicted octanol–water partition coefficient (Wildman–Crippen LogP) is 7.28. The van der Waals surface area contributed by atoms with Gasteiger partial charge in [-0.1, -0.05) is 80.3 Å². The average Bonchev–Trinajstić information content (AvgIpc) is 3.57. The molecule has 0 saturated carbocycles. The summed E-state index contributed by atoms with van der Waals surface area (Å²) in [6.45, 7) is 7.47. The largest absolute Gasteiger partial charge is 0.505 e. The number of rotatable bonds is 11. The van der Waals surface area contributed by atoms with Gasteiger partial charge in [0.2, 0.25) is 11.8 Å². The number of benzene rings is 2. The molecule has 6 rings (SSSR count). The Morgan fingerprint density at radius 1 is 1.00 bits per heavy atom. The maximum atomic E-state index is 14.1. The van der Waals surface area contributed by atoms with Gasteiger partial charge in [-0.2, -0.15) is 0 Å². The van der Waals surface area contributed by atoms with Crippen molar-refractivity contribution in [1.29, 1.82) is 0 Å². The summed E-state index contributed by atoms with van der Waals surface area (Å²) in [5, 5.41) is 9.59. The zero-order chi connectivity index (χ0) is 31.5. The molecule has 3 fully saturated rings. The Kier molecular flexibility index (Phi) is 9.86. The highest BCUT2D eigenvalue weighted by Crippen LogP contribution is 2.51. The van der Waals surface area contributed by atoms with Gasteiger partial charge in [-0.25, -0.2) is 4.39 Å². The van der Waals surface area contributed by atoms with Gasteiger partial charge < -0.3 is 9.84 Å². The second-order valence-corrected chi connectivity index (χ2v) is 13.4. The third-order valence-electron chi connectivity index (χ3n) is 10.4. The lowest BCUT2D eigenvalue weighted by molar-refractivity contribution is -0.144. The summed E-state index contributed by atoms with van der Waals surface area (Å²) in [7, 11) is 0. The van der Waals surface area contributed by atoms with E-state index >= 15 is 0 Å². The molecule has 0 bridgehead atoms. The molecule has 2 amide bonds. The van der Waals surface area contributed by atoms with Gasteiger partial charge in [-0.3, -0.25) is 19.4 Å². The Balaban J connectivity index is 1.14. The van der Waals surface area contributed by atoms with Crippen LogP contribution in [0.5, 0.6) is 5.75 Å². The van der Waals surface area contributed by atoms with E-state index < -0.39 is 5.82 Å². The SMILES string of the molecule is CCCC1=C2[C@@H](CC/C(=C/c3ccc(O)c(F)c3)CCC)OC[C@@H]2[C@@H]2C(=O)N(C3CCN(Cc4ccccc4)CC3)C(=O)[C@@H]2C1. The van der Waals surface area contributed by atoms with Crippen LogP contribution in [0.25, 0.3) is 6.08 Å². The van der Waals surface area contributed by atoms with Crippen molar-refractivity contribution in [2.75, 3.05) is 19.7 Å². The minimum Gasteiger partial charge on any atom is -0.505 e. The third-order valence-corrected chi connectivity index (χ3v) is 10.4. The van der Waals surface area contributed by atoms with Crippen LogP contribution >= 0.6 is 0 Å². The first-order valence-corrected chi connectivity index (χ1v) is 17.0. The number of piperidine rings is 1. The highest BCUT2D eigenvalue weighted by Gasteiger charge is 2.58. The van der Waals surface area contributed by atoms with Gasteiger partial charge in [-0.05, 0) is 73.8 Å². The number of amides is 2.